The first-order chi connectivity index (χ1) is 17.3. The van der Waals surface area contributed by atoms with Crippen molar-refractivity contribution < 1.29 is 19.1 Å². The van der Waals surface area contributed by atoms with Crippen LogP contribution in [0.25, 0.3) is 22.0 Å². The Morgan fingerprint density at radius 1 is 0.944 bits per heavy atom. The van der Waals surface area contributed by atoms with Crippen molar-refractivity contribution >= 4 is 22.7 Å². The molecule has 0 saturated heterocycles. The van der Waals surface area contributed by atoms with Gasteiger partial charge in [0, 0.05) is 35.3 Å². The van der Waals surface area contributed by atoms with Crippen LogP contribution in [-0.4, -0.2) is 27.9 Å². The lowest BCUT2D eigenvalue weighted by Crippen LogP contribution is -2.38. The van der Waals surface area contributed by atoms with Crippen LogP contribution in [0.1, 0.15) is 31.7 Å². The monoisotopic (exact) mass is 482 g/mol. The van der Waals surface area contributed by atoms with Gasteiger partial charge >= 0.3 is 0 Å². The number of nitrogens with zero attached hydrogens (tertiary/aromatic N) is 2. The Hall–Kier alpha value is -4.46. The Bertz CT molecular complexity index is 1440. The van der Waals surface area contributed by atoms with Crippen molar-refractivity contribution in [2.75, 3.05) is 0 Å². The van der Waals surface area contributed by atoms with E-state index in [0.29, 0.717) is 23.8 Å². The highest BCUT2D eigenvalue weighted by Crippen LogP contribution is 2.59. The zero-order valence-electron chi connectivity index (χ0n) is 20.0. The average Bonchev–Trinajstić information content (AvgIpc) is 3.62. The first-order valence-electron chi connectivity index (χ1n) is 11.7. The minimum Gasteiger partial charge on any atom is -0.475 e. The number of carbonyl (C=O) groups excluding carboxylic acids is 2. The normalized spacial score (nSPS) is 16.0. The number of carbonyl (C=O) groups is 2. The highest BCUT2D eigenvalue weighted by molar-refractivity contribution is 6.08. The standard InChI is InChI=1S/C28H26N4O4/c1-16(2)35-25-10-6-19(15-32-25)18-5-9-21-23(13-18)31-12-11-24(21)36-20-7-3-17(4-8-20)22-14-28(22,26(29)33)27(30)34/h3-13,15-16,22H,14H2,1-2H3,(H2,29,33)(H2,30,34). The molecule has 2 aromatic heterocycles. The number of rotatable bonds is 8. The Labute approximate surface area is 208 Å². The Morgan fingerprint density at radius 2 is 1.67 bits per heavy atom. The maximum atomic E-state index is 11.8. The molecule has 1 atom stereocenters. The fourth-order valence-corrected chi connectivity index (χ4v) is 4.48. The molecule has 2 aromatic carbocycles. The van der Waals surface area contributed by atoms with Gasteiger partial charge in [0.15, 0.2) is 0 Å². The number of nitrogens with two attached hydrogens (primary N) is 2. The van der Waals surface area contributed by atoms with E-state index < -0.39 is 17.2 Å². The highest BCUT2D eigenvalue weighted by Gasteiger charge is 2.64. The van der Waals surface area contributed by atoms with Gasteiger partial charge in [-0.25, -0.2) is 4.98 Å². The number of benzene rings is 2. The maximum absolute atomic E-state index is 11.8. The van der Waals surface area contributed by atoms with Gasteiger partial charge in [-0.1, -0.05) is 18.2 Å². The largest absolute Gasteiger partial charge is 0.475 e. The van der Waals surface area contributed by atoms with E-state index in [1.165, 1.54) is 0 Å². The van der Waals surface area contributed by atoms with Gasteiger partial charge in [-0.3, -0.25) is 14.6 Å². The van der Waals surface area contributed by atoms with Crippen molar-refractivity contribution in [2.45, 2.75) is 32.3 Å². The van der Waals surface area contributed by atoms with E-state index in [2.05, 4.69) is 9.97 Å². The Morgan fingerprint density at radius 3 is 2.28 bits per heavy atom. The molecule has 1 unspecified atom stereocenters. The van der Waals surface area contributed by atoms with Crippen molar-refractivity contribution in [3.05, 3.63) is 78.6 Å². The van der Waals surface area contributed by atoms with Crippen molar-refractivity contribution in [1.29, 1.82) is 0 Å². The van der Waals surface area contributed by atoms with Crippen LogP contribution >= 0.6 is 0 Å². The minimum absolute atomic E-state index is 0.0652. The summed E-state index contributed by atoms with van der Waals surface area (Å²) >= 11 is 0. The van der Waals surface area contributed by atoms with Gasteiger partial charge in [0.1, 0.15) is 16.9 Å². The maximum Gasteiger partial charge on any atom is 0.233 e. The number of amides is 2. The van der Waals surface area contributed by atoms with E-state index >= 15 is 0 Å². The molecule has 2 amide bonds. The van der Waals surface area contributed by atoms with Crippen molar-refractivity contribution in [1.82, 2.24) is 9.97 Å². The summed E-state index contributed by atoms with van der Waals surface area (Å²) in [5.74, 6) is 0.197. The van der Waals surface area contributed by atoms with Crippen LogP contribution in [0.5, 0.6) is 17.4 Å². The predicted molar refractivity (Wildman–Crippen MR) is 135 cm³/mol. The summed E-state index contributed by atoms with van der Waals surface area (Å²) in [5, 5.41) is 0.863. The number of primary amides is 2. The average molecular weight is 483 g/mol. The third kappa shape index (κ3) is 4.22. The molecular formula is C28H26N4O4. The van der Waals surface area contributed by atoms with Crippen molar-refractivity contribution in [2.24, 2.45) is 16.9 Å². The predicted octanol–water partition coefficient (Wildman–Crippen LogP) is 4.32. The van der Waals surface area contributed by atoms with Gasteiger partial charge in [-0.2, -0.15) is 0 Å². The van der Waals surface area contributed by atoms with Gasteiger partial charge in [0.25, 0.3) is 0 Å². The third-order valence-corrected chi connectivity index (χ3v) is 6.48. The first kappa shape index (κ1) is 23.3. The molecule has 2 heterocycles. The third-order valence-electron chi connectivity index (χ3n) is 6.48. The second-order valence-electron chi connectivity index (χ2n) is 9.22. The summed E-state index contributed by atoms with van der Waals surface area (Å²) in [5.41, 5.74) is 13.1. The van der Waals surface area contributed by atoms with Crippen LogP contribution in [0.3, 0.4) is 0 Å². The zero-order valence-corrected chi connectivity index (χ0v) is 20.0. The van der Waals surface area contributed by atoms with Gasteiger partial charge in [0.05, 0.1) is 11.6 Å². The Kier molecular flexibility index (Phi) is 5.80. The van der Waals surface area contributed by atoms with Crippen LogP contribution in [0.15, 0.2) is 73.1 Å². The molecule has 4 N–H and O–H groups in total. The van der Waals surface area contributed by atoms with Gasteiger partial charge < -0.3 is 20.9 Å². The number of hydrogen-bond donors (Lipinski definition) is 2. The lowest BCUT2D eigenvalue weighted by atomic mass is 9.97. The molecule has 1 aliphatic carbocycles. The van der Waals surface area contributed by atoms with E-state index in [0.717, 1.165) is 27.6 Å². The molecule has 0 radical (unpaired) electrons. The van der Waals surface area contributed by atoms with Gasteiger partial charge in [-0.15, -0.1) is 0 Å². The summed E-state index contributed by atoms with van der Waals surface area (Å²) in [6, 6.07) is 18.9. The Balaban J connectivity index is 1.35. The van der Waals surface area contributed by atoms with Crippen molar-refractivity contribution in [3.8, 4) is 28.5 Å². The number of hydrogen-bond acceptors (Lipinski definition) is 6. The van der Waals surface area contributed by atoms with E-state index in [9.17, 15) is 9.59 Å². The summed E-state index contributed by atoms with van der Waals surface area (Å²) < 4.78 is 11.8. The van der Waals surface area contributed by atoms with Gasteiger partial charge in [-0.05, 0) is 67.8 Å². The molecule has 0 aliphatic heterocycles. The highest BCUT2D eigenvalue weighted by atomic mass is 16.5. The van der Waals surface area contributed by atoms with E-state index in [-0.39, 0.29) is 12.0 Å². The van der Waals surface area contributed by atoms with Gasteiger partial charge in [0.2, 0.25) is 17.7 Å². The molecule has 1 fully saturated rings. The molecule has 182 valence electrons. The van der Waals surface area contributed by atoms with E-state index in [4.69, 9.17) is 20.9 Å². The number of pyridine rings is 2. The smallest absolute Gasteiger partial charge is 0.233 e. The second-order valence-corrected chi connectivity index (χ2v) is 9.22. The molecular weight excluding hydrogens is 456 g/mol. The molecule has 4 aromatic rings. The zero-order chi connectivity index (χ0) is 25.4. The van der Waals surface area contributed by atoms with E-state index in [1.54, 1.807) is 24.5 Å². The number of ether oxygens (including phenoxy) is 2. The molecule has 1 aliphatic rings. The molecule has 0 bridgehead atoms. The molecule has 1 saturated carbocycles. The van der Waals surface area contributed by atoms with Crippen LogP contribution in [0.4, 0.5) is 0 Å². The lowest BCUT2D eigenvalue weighted by molar-refractivity contribution is -0.133. The minimum atomic E-state index is -1.29. The SMILES string of the molecule is CC(C)Oc1ccc(-c2ccc3c(Oc4ccc(C5CC5(C(N)=O)C(N)=O)cc4)ccnc3c2)cn1. The molecule has 8 heteroatoms. The van der Waals surface area contributed by atoms with Crippen LogP contribution in [0, 0.1) is 5.41 Å². The number of fused-ring (bicyclic) bond motifs is 1. The first-order valence-corrected chi connectivity index (χ1v) is 11.7. The summed E-state index contributed by atoms with van der Waals surface area (Å²) in [4.78, 5) is 32.5. The van der Waals surface area contributed by atoms with Crippen molar-refractivity contribution in [3.63, 3.8) is 0 Å². The second kappa shape index (κ2) is 8.96. The van der Waals surface area contributed by atoms with Crippen LogP contribution < -0.4 is 20.9 Å². The fourth-order valence-electron chi connectivity index (χ4n) is 4.48. The molecule has 36 heavy (non-hydrogen) atoms. The summed E-state index contributed by atoms with van der Waals surface area (Å²) in [6.07, 6.45) is 3.88. The quantitative estimate of drug-likeness (QED) is 0.360. The molecule has 0 spiro atoms. The lowest BCUT2D eigenvalue weighted by Gasteiger charge is -2.12. The summed E-state index contributed by atoms with van der Waals surface area (Å²) in [7, 11) is 0. The van der Waals surface area contributed by atoms with E-state index in [1.807, 2.05) is 62.4 Å². The molecule has 8 nitrogen and oxygen atoms in total. The van der Waals surface area contributed by atoms with Crippen LogP contribution in [0.2, 0.25) is 0 Å². The fraction of sp³-hybridized carbons (Fsp3) is 0.214. The van der Waals surface area contributed by atoms with Crippen LogP contribution in [-0.2, 0) is 9.59 Å². The molecule has 5 rings (SSSR count). The number of aromatic nitrogens is 2. The topological polar surface area (TPSA) is 130 Å². The summed E-state index contributed by atoms with van der Waals surface area (Å²) in [6.45, 7) is 3.92.